The van der Waals surface area contributed by atoms with Crippen LogP contribution < -0.4 is 5.32 Å². The van der Waals surface area contributed by atoms with Crippen molar-refractivity contribution < 1.29 is 9.21 Å². The van der Waals surface area contributed by atoms with Gasteiger partial charge in [0.05, 0.1) is 17.4 Å². The van der Waals surface area contributed by atoms with E-state index in [-0.39, 0.29) is 17.7 Å². The lowest BCUT2D eigenvalue weighted by atomic mass is 10.1. The van der Waals surface area contributed by atoms with Gasteiger partial charge in [0.2, 0.25) is 11.8 Å². The van der Waals surface area contributed by atoms with E-state index >= 15 is 0 Å². The van der Waals surface area contributed by atoms with E-state index in [2.05, 4.69) is 20.5 Å². The molecule has 0 aliphatic carbocycles. The van der Waals surface area contributed by atoms with Gasteiger partial charge in [-0.3, -0.25) is 9.78 Å². The molecule has 3 rings (SSSR count). The quantitative estimate of drug-likeness (QED) is 0.695. The topological polar surface area (TPSA) is 80.9 Å². The lowest BCUT2D eigenvalue weighted by Crippen LogP contribution is -2.28. The van der Waals surface area contributed by atoms with E-state index in [0.29, 0.717) is 11.1 Å². The molecule has 0 saturated carbocycles. The van der Waals surface area contributed by atoms with Crippen LogP contribution in [0, 0.1) is 0 Å². The average molecular weight is 340 g/mol. The summed E-state index contributed by atoms with van der Waals surface area (Å²) in [6.07, 6.45) is 3.32. The predicted octanol–water partition coefficient (Wildman–Crippen LogP) is 3.10. The highest BCUT2D eigenvalue weighted by Gasteiger charge is 2.13. The number of amides is 1. The Balaban J connectivity index is 1.53. The highest BCUT2D eigenvalue weighted by Crippen LogP contribution is 2.22. The number of nitrogens with one attached hydrogen (secondary N) is 1. The second-order valence-corrected chi connectivity index (χ2v) is 6.03. The lowest BCUT2D eigenvalue weighted by Gasteiger charge is -2.13. The summed E-state index contributed by atoms with van der Waals surface area (Å²) in [6.45, 7) is 1.95. The van der Waals surface area contributed by atoms with Gasteiger partial charge in [0.1, 0.15) is 0 Å². The largest absolute Gasteiger partial charge is 0.411 e. The number of rotatable bonds is 6. The van der Waals surface area contributed by atoms with Crippen LogP contribution in [0.25, 0.3) is 11.5 Å². The zero-order chi connectivity index (χ0) is 16.8. The number of carbonyl (C=O) groups excluding carboxylic acids is 1. The number of carbonyl (C=O) groups is 1. The fourth-order valence-electron chi connectivity index (χ4n) is 2.11. The Morgan fingerprint density at radius 2 is 2.04 bits per heavy atom. The fourth-order valence-corrected chi connectivity index (χ4v) is 2.68. The van der Waals surface area contributed by atoms with E-state index in [1.165, 1.54) is 11.8 Å². The van der Waals surface area contributed by atoms with E-state index < -0.39 is 0 Å². The van der Waals surface area contributed by atoms with Crippen LogP contribution in [0.5, 0.6) is 0 Å². The molecule has 0 bridgehead atoms. The molecule has 1 amide bonds. The summed E-state index contributed by atoms with van der Waals surface area (Å²) in [5.41, 5.74) is 1.81. The smallest absolute Gasteiger partial charge is 0.277 e. The van der Waals surface area contributed by atoms with Crippen molar-refractivity contribution in [2.45, 2.75) is 18.2 Å². The molecule has 0 saturated heterocycles. The molecule has 0 unspecified atom stereocenters. The van der Waals surface area contributed by atoms with Crippen LogP contribution in [0.2, 0.25) is 0 Å². The molecule has 3 aromatic rings. The normalized spacial score (nSPS) is 11.9. The van der Waals surface area contributed by atoms with Crippen molar-refractivity contribution in [3.05, 3.63) is 60.4 Å². The molecule has 0 aliphatic heterocycles. The zero-order valence-electron chi connectivity index (χ0n) is 13.0. The number of hydrogen-bond acceptors (Lipinski definition) is 6. The summed E-state index contributed by atoms with van der Waals surface area (Å²) in [5, 5.41) is 11.2. The van der Waals surface area contributed by atoms with Crippen molar-refractivity contribution in [3.63, 3.8) is 0 Å². The maximum absolute atomic E-state index is 12.0. The molecule has 122 valence electrons. The highest BCUT2D eigenvalue weighted by molar-refractivity contribution is 7.99. The number of thioether (sulfide) groups is 1. The van der Waals surface area contributed by atoms with Crippen molar-refractivity contribution in [2.75, 3.05) is 5.75 Å². The van der Waals surface area contributed by atoms with Crippen molar-refractivity contribution in [1.82, 2.24) is 20.5 Å². The van der Waals surface area contributed by atoms with E-state index in [4.69, 9.17) is 4.42 Å². The van der Waals surface area contributed by atoms with Gasteiger partial charge in [-0.25, -0.2) is 0 Å². The SMILES string of the molecule is C[C@@H](NC(=O)CSc1nnc(-c2cccnc2)o1)c1ccccc1. The number of aromatic nitrogens is 3. The molecule has 2 aromatic heterocycles. The third-order valence-electron chi connectivity index (χ3n) is 3.32. The van der Waals surface area contributed by atoms with Gasteiger partial charge in [-0.05, 0) is 24.6 Å². The monoisotopic (exact) mass is 340 g/mol. The molecule has 0 fully saturated rings. The summed E-state index contributed by atoms with van der Waals surface area (Å²) >= 11 is 1.21. The second kappa shape index (κ2) is 7.74. The van der Waals surface area contributed by atoms with Gasteiger partial charge in [-0.15, -0.1) is 10.2 Å². The lowest BCUT2D eigenvalue weighted by molar-refractivity contribution is -0.119. The Hall–Kier alpha value is -2.67. The van der Waals surface area contributed by atoms with Gasteiger partial charge < -0.3 is 9.73 Å². The molecule has 1 N–H and O–H groups in total. The minimum Gasteiger partial charge on any atom is -0.411 e. The predicted molar refractivity (Wildman–Crippen MR) is 91.3 cm³/mol. The van der Waals surface area contributed by atoms with Crippen molar-refractivity contribution in [3.8, 4) is 11.5 Å². The summed E-state index contributed by atoms with van der Waals surface area (Å²) in [7, 11) is 0. The Morgan fingerprint density at radius 1 is 1.21 bits per heavy atom. The van der Waals surface area contributed by atoms with Gasteiger partial charge in [-0.2, -0.15) is 0 Å². The third kappa shape index (κ3) is 4.20. The van der Waals surface area contributed by atoms with Gasteiger partial charge in [0, 0.05) is 12.4 Å². The Kier molecular flexibility index (Phi) is 5.22. The molecule has 2 heterocycles. The summed E-state index contributed by atoms with van der Waals surface area (Å²) in [5.74, 6) is 0.521. The Morgan fingerprint density at radius 3 is 2.79 bits per heavy atom. The van der Waals surface area contributed by atoms with E-state index in [9.17, 15) is 4.79 Å². The van der Waals surface area contributed by atoms with Gasteiger partial charge in [0.25, 0.3) is 5.22 Å². The molecule has 0 radical (unpaired) electrons. The summed E-state index contributed by atoms with van der Waals surface area (Å²) in [4.78, 5) is 16.1. The van der Waals surface area contributed by atoms with Gasteiger partial charge >= 0.3 is 0 Å². The molecule has 1 aromatic carbocycles. The van der Waals surface area contributed by atoms with Gasteiger partial charge in [0.15, 0.2) is 0 Å². The summed E-state index contributed by atoms with van der Waals surface area (Å²) in [6, 6.07) is 13.4. The standard InChI is InChI=1S/C17H16N4O2S/c1-12(13-6-3-2-4-7-13)19-15(22)11-24-17-21-20-16(23-17)14-8-5-9-18-10-14/h2-10,12H,11H2,1H3,(H,19,22)/t12-/m1/s1. The van der Waals surface area contributed by atoms with Gasteiger partial charge in [-0.1, -0.05) is 42.1 Å². The second-order valence-electron chi connectivity index (χ2n) is 5.10. The number of hydrogen-bond donors (Lipinski definition) is 1. The molecular formula is C17H16N4O2S. The highest BCUT2D eigenvalue weighted by atomic mass is 32.2. The van der Waals surface area contributed by atoms with Crippen LogP contribution in [0.15, 0.2) is 64.5 Å². The molecule has 0 aliphatic rings. The summed E-state index contributed by atoms with van der Waals surface area (Å²) < 4.78 is 5.53. The minimum absolute atomic E-state index is 0.0482. The first kappa shape index (κ1) is 16.2. The average Bonchev–Trinajstić information content (AvgIpc) is 3.10. The number of benzene rings is 1. The fraction of sp³-hybridized carbons (Fsp3) is 0.176. The van der Waals surface area contributed by atoms with Crippen molar-refractivity contribution >= 4 is 17.7 Å². The van der Waals surface area contributed by atoms with Crippen LogP contribution >= 0.6 is 11.8 Å². The van der Waals surface area contributed by atoms with Crippen LogP contribution in [-0.2, 0) is 4.79 Å². The van der Waals surface area contributed by atoms with Crippen LogP contribution in [0.3, 0.4) is 0 Å². The van der Waals surface area contributed by atoms with Crippen LogP contribution in [0.4, 0.5) is 0 Å². The first-order valence-electron chi connectivity index (χ1n) is 7.43. The van der Waals surface area contributed by atoms with E-state index in [0.717, 1.165) is 11.1 Å². The van der Waals surface area contributed by atoms with E-state index in [1.807, 2.05) is 43.3 Å². The first-order valence-corrected chi connectivity index (χ1v) is 8.42. The molecule has 1 atom stereocenters. The molecule has 6 nitrogen and oxygen atoms in total. The van der Waals surface area contributed by atoms with Crippen LogP contribution in [0.1, 0.15) is 18.5 Å². The maximum atomic E-state index is 12.0. The van der Waals surface area contributed by atoms with Crippen molar-refractivity contribution in [2.24, 2.45) is 0 Å². The minimum atomic E-state index is -0.0857. The Labute approximate surface area is 143 Å². The molecular weight excluding hydrogens is 324 g/mol. The first-order chi connectivity index (χ1) is 11.7. The van der Waals surface area contributed by atoms with Crippen molar-refractivity contribution in [1.29, 1.82) is 0 Å². The Bertz CT molecular complexity index is 793. The molecule has 7 heteroatoms. The third-order valence-corrected chi connectivity index (χ3v) is 4.14. The number of nitrogens with zero attached hydrogens (tertiary/aromatic N) is 3. The molecule has 0 spiro atoms. The number of pyridine rings is 1. The van der Waals surface area contributed by atoms with Crippen LogP contribution in [-0.4, -0.2) is 26.8 Å². The van der Waals surface area contributed by atoms with E-state index in [1.54, 1.807) is 18.5 Å². The molecule has 24 heavy (non-hydrogen) atoms. The zero-order valence-corrected chi connectivity index (χ0v) is 13.9. The maximum Gasteiger partial charge on any atom is 0.277 e.